The fourth-order valence-electron chi connectivity index (χ4n) is 3.05. The minimum absolute atomic E-state index is 0.0754. The van der Waals surface area contributed by atoms with Gasteiger partial charge in [0.2, 0.25) is 5.91 Å². The van der Waals surface area contributed by atoms with Gasteiger partial charge in [-0.05, 0) is 47.9 Å². The van der Waals surface area contributed by atoms with Crippen LogP contribution in [-0.4, -0.2) is 48.0 Å². The van der Waals surface area contributed by atoms with Crippen LogP contribution in [0.15, 0.2) is 68.6 Å². The first-order valence-corrected chi connectivity index (χ1v) is 14.8. The summed E-state index contributed by atoms with van der Waals surface area (Å²) in [5.41, 5.74) is 5.88. The molecule has 0 aliphatic carbocycles. The molecule has 0 radical (unpaired) electrons. The number of nitrogens with one attached hydrogen (secondary N) is 2. The summed E-state index contributed by atoms with van der Waals surface area (Å²) < 4.78 is 65.6. The minimum atomic E-state index is -4.89. The van der Waals surface area contributed by atoms with Crippen molar-refractivity contribution in [3.63, 3.8) is 0 Å². The second-order valence-electron chi connectivity index (χ2n) is 7.31. The van der Waals surface area contributed by atoms with Crippen LogP contribution < -0.4 is 16.4 Å². The number of azo groups is 1. The number of carbonyl (C=O) groups is 2. The van der Waals surface area contributed by atoms with Crippen LogP contribution in [0.1, 0.15) is 0 Å². The first-order chi connectivity index (χ1) is 17.2. The lowest BCUT2D eigenvalue weighted by Crippen LogP contribution is -2.24. The van der Waals surface area contributed by atoms with Gasteiger partial charge in [0.15, 0.2) is 0 Å². The number of halogens is 2. The summed E-state index contributed by atoms with van der Waals surface area (Å²) >= 11 is 6.37. The molecule has 0 saturated heterocycles. The van der Waals surface area contributed by atoms with Crippen molar-refractivity contribution < 1.29 is 35.5 Å². The van der Waals surface area contributed by atoms with Gasteiger partial charge in [0, 0.05) is 16.4 Å². The zero-order chi connectivity index (χ0) is 27.5. The SMILES string of the molecule is NC(=O)Nc1cc(NC(=O)C(Br)CBr)ccc1N=Nc1ccc2cc(S(=O)(=O)O)cc(S(=O)(=O)O)c2c1. The molecular weight excluding hydrogens is 662 g/mol. The van der Waals surface area contributed by atoms with Crippen molar-refractivity contribution in [2.45, 2.75) is 14.6 Å². The normalized spacial score (nSPS) is 13.0. The summed E-state index contributed by atoms with van der Waals surface area (Å²) in [6, 6.07) is 8.98. The maximum Gasteiger partial charge on any atom is 0.316 e. The third kappa shape index (κ3) is 7.30. The molecule has 1 unspecified atom stereocenters. The lowest BCUT2D eigenvalue weighted by atomic mass is 10.1. The molecule has 3 amide bonds. The van der Waals surface area contributed by atoms with E-state index in [9.17, 15) is 35.5 Å². The number of hydrogen-bond donors (Lipinski definition) is 5. The highest BCUT2D eigenvalue weighted by Crippen LogP contribution is 2.33. The summed E-state index contributed by atoms with van der Waals surface area (Å²) in [6.45, 7) is 0. The Hall–Kier alpha value is -2.96. The van der Waals surface area contributed by atoms with Crippen LogP contribution in [0.4, 0.5) is 27.5 Å². The number of anilines is 2. The Balaban J connectivity index is 2.04. The van der Waals surface area contributed by atoms with E-state index in [2.05, 4.69) is 52.7 Å². The van der Waals surface area contributed by atoms with Crippen molar-refractivity contribution in [2.75, 3.05) is 16.0 Å². The fourth-order valence-corrected chi connectivity index (χ4v) is 4.80. The number of fused-ring (bicyclic) bond motifs is 1. The van der Waals surface area contributed by atoms with Gasteiger partial charge in [-0.2, -0.15) is 21.9 Å². The molecule has 0 bridgehead atoms. The van der Waals surface area contributed by atoms with Crippen LogP contribution >= 0.6 is 31.9 Å². The lowest BCUT2D eigenvalue weighted by Gasteiger charge is -2.11. The molecule has 17 heteroatoms. The molecule has 0 fully saturated rings. The van der Waals surface area contributed by atoms with Crippen LogP contribution in [0.25, 0.3) is 10.8 Å². The van der Waals surface area contributed by atoms with Gasteiger partial charge in [-0.15, -0.1) is 5.11 Å². The number of alkyl halides is 2. The molecular formula is C20H17Br2N5O8S2. The van der Waals surface area contributed by atoms with Gasteiger partial charge in [0.25, 0.3) is 20.2 Å². The predicted molar refractivity (Wildman–Crippen MR) is 143 cm³/mol. The van der Waals surface area contributed by atoms with Crippen molar-refractivity contribution in [2.24, 2.45) is 16.0 Å². The minimum Gasteiger partial charge on any atom is -0.351 e. The average Bonchev–Trinajstić information content (AvgIpc) is 2.80. The molecule has 3 rings (SSSR count). The molecule has 0 saturated carbocycles. The predicted octanol–water partition coefficient (Wildman–Crippen LogP) is 4.34. The van der Waals surface area contributed by atoms with Crippen molar-refractivity contribution in [3.05, 3.63) is 48.5 Å². The molecule has 3 aromatic rings. The van der Waals surface area contributed by atoms with Gasteiger partial charge < -0.3 is 16.4 Å². The van der Waals surface area contributed by atoms with Gasteiger partial charge in [-0.25, -0.2) is 4.79 Å². The molecule has 0 spiro atoms. The molecule has 6 N–H and O–H groups in total. The van der Waals surface area contributed by atoms with Crippen LogP contribution in [0.3, 0.4) is 0 Å². The Bertz CT molecular complexity index is 1650. The van der Waals surface area contributed by atoms with E-state index in [0.717, 1.165) is 6.07 Å². The molecule has 13 nitrogen and oxygen atoms in total. The number of nitrogens with zero attached hydrogens (tertiary/aromatic N) is 2. The van der Waals surface area contributed by atoms with Crippen LogP contribution in [0, 0.1) is 0 Å². The quantitative estimate of drug-likeness (QED) is 0.131. The molecule has 0 aliphatic rings. The molecule has 0 heterocycles. The number of nitrogens with two attached hydrogens (primary N) is 1. The molecule has 37 heavy (non-hydrogen) atoms. The van der Waals surface area contributed by atoms with E-state index in [1.165, 1.54) is 36.4 Å². The van der Waals surface area contributed by atoms with Crippen LogP contribution in [0.5, 0.6) is 0 Å². The van der Waals surface area contributed by atoms with Gasteiger partial charge in [-0.3, -0.25) is 13.9 Å². The van der Waals surface area contributed by atoms with Gasteiger partial charge in [0.1, 0.15) is 15.4 Å². The maximum atomic E-state index is 12.1. The topological polar surface area (TPSA) is 218 Å². The summed E-state index contributed by atoms with van der Waals surface area (Å²) in [5, 5.41) is 13.4. The van der Waals surface area contributed by atoms with Crippen molar-refractivity contribution in [1.29, 1.82) is 0 Å². The molecule has 196 valence electrons. The Kier molecular flexibility index (Phi) is 8.66. The second kappa shape index (κ2) is 11.2. The number of hydrogen-bond acceptors (Lipinski definition) is 8. The summed E-state index contributed by atoms with van der Waals surface area (Å²) in [7, 11) is -9.65. The van der Waals surface area contributed by atoms with E-state index < -0.39 is 40.9 Å². The van der Waals surface area contributed by atoms with Crippen LogP contribution in [-0.2, 0) is 25.0 Å². The molecule has 0 aliphatic heterocycles. The highest BCUT2D eigenvalue weighted by Gasteiger charge is 2.21. The first kappa shape index (κ1) is 28.6. The van der Waals surface area contributed by atoms with Crippen molar-refractivity contribution in [1.82, 2.24) is 0 Å². The lowest BCUT2D eigenvalue weighted by molar-refractivity contribution is -0.115. The van der Waals surface area contributed by atoms with E-state index in [1.807, 2.05) is 0 Å². The number of carbonyl (C=O) groups excluding carboxylic acids is 2. The summed E-state index contributed by atoms with van der Waals surface area (Å²) in [6.07, 6.45) is 0. The number of primary amides is 1. The zero-order valence-corrected chi connectivity index (χ0v) is 23.1. The highest BCUT2D eigenvalue weighted by molar-refractivity contribution is 9.12. The molecule has 1 atom stereocenters. The Morgan fingerprint density at radius 3 is 2.24 bits per heavy atom. The standard InChI is InChI=1S/C20H17Br2N5O8S2/c21-9-15(22)19(28)24-11-3-4-16(17(7-11)25-20(23)29)27-26-12-2-1-10-5-13(36(30,31)32)8-18(14(10)6-12)37(33,34)35/h1-8,15H,9H2,(H,24,28)(H3,23,25,29)(H,30,31,32)(H,33,34,35). The first-order valence-electron chi connectivity index (χ1n) is 9.85. The van der Waals surface area contributed by atoms with E-state index in [4.69, 9.17) is 5.73 Å². The largest absolute Gasteiger partial charge is 0.351 e. The fraction of sp³-hybridized carbons (Fsp3) is 0.100. The molecule has 0 aromatic heterocycles. The van der Waals surface area contributed by atoms with Crippen molar-refractivity contribution >= 4 is 97.6 Å². The number of benzene rings is 3. The molecule has 3 aromatic carbocycles. The van der Waals surface area contributed by atoms with E-state index in [0.29, 0.717) is 17.1 Å². The third-order valence-electron chi connectivity index (χ3n) is 4.66. The van der Waals surface area contributed by atoms with E-state index >= 15 is 0 Å². The summed E-state index contributed by atoms with van der Waals surface area (Å²) in [5.74, 6) is -0.348. The highest BCUT2D eigenvalue weighted by atomic mass is 79.9. The van der Waals surface area contributed by atoms with Gasteiger partial charge >= 0.3 is 6.03 Å². The van der Waals surface area contributed by atoms with Gasteiger partial charge in [-0.1, -0.05) is 37.9 Å². The monoisotopic (exact) mass is 677 g/mol. The zero-order valence-electron chi connectivity index (χ0n) is 18.3. The maximum absolute atomic E-state index is 12.1. The van der Waals surface area contributed by atoms with E-state index in [-0.39, 0.29) is 33.7 Å². The average molecular weight is 679 g/mol. The summed E-state index contributed by atoms with van der Waals surface area (Å²) in [4.78, 5) is 21.6. The van der Waals surface area contributed by atoms with E-state index in [1.54, 1.807) is 0 Å². The Labute approximate surface area is 227 Å². The Morgan fingerprint density at radius 1 is 0.946 bits per heavy atom. The van der Waals surface area contributed by atoms with Crippen LogP contribution in [0.2, 0.25) is 0 Å². The smallest absolute Gasteiger partial charge is 0.316 e. The second-order valence-corrected chi connectivity index (χ2v) is 11.9. The van der Waals surface area contributed by atoms with Crippen molar-refractivity contribution in [3.8, 4) is 0 Å². The van der Waals surface area contributed by atoms with Gasteiger partial charge in [0.05, 0.1) is 16.3 Å². The number of amides is 3. The Morgan fingerprint density at radius 2 is 1.65 bits per heavy atom. The third-order valence-corrected chi connectivity index (χ3v) is 8.65. The number of rotatable bonds is 8. The number of urea groups is 1.